The Morgan fingerprint density at radius 1 is 1.07 bits per heavy atom. The van der Waals surface area contributed by atoms with Crippen molar-refractivity contribution in [3.63, 3.8) is 0 Å². The molecule has 1 heterocycles. The molecule has 1 saturated heterocycles. The largest absolute Gasteiger partial charge is 0.465 e. The van der Waals surface area contributed by atoms with E-state index in [1.165, 1.54) is 7.11 Å². The number of hydrogen-bond acceptors (Lipinski definition) is 5. The Hall–Kier alpha value is -2.86. The summed E-state index contributed by atoms with van der Waals surface area (Å²) in [5.74, 6) is -0.326. The van der Waals surface area contributed by atoms with E-state index in [0.717, 1.165) is 31.0 Å². The molecule has 0 radical (unpaired) electrons. The number of rotatable bonds is 5. The fourth-order valence-corrected chi connectivity index (χ4v) is 3.30. The monoisotopic (exact) mass is 367 g/mol. The van der Waals surface area contributed by atoms with Gasteiger partial charge in [0.1, 0.15) is 0 Å². The number of carbonyl (C=O) groups excluding carboxylic acids is 2. The van der Waals surface area contributed by atoms with Crippen LogP contribution in [0.25, 0.3) is 0 Å². The van der Waals surface area contributed by atoms with Gasteiger partial charge in [0.15, 0.2) is 0 Å². The molecule has 142 valence electrons. The summed E-state index contributed by atoms with van der Waals surface area (Å²) in [5, 5.41) is 2.94. The molecule has 2 aromatic carbocycles. The van der Waals surface area contributed by atoms with E-state index in [4.69, 9.17) is 4.74 Å². The number of benzene rings is 2. The van der Waals surface area contributed by atoms with Crippen LogP contribution in [0, 0.1) is 0 Å². The minimum Gasteiger partial charge on any atom is -0.465 e. The zero-order valence-corrected chi connectivity index (χ0v) is 15.7. The number of methoxy groups -OCH3 is 1. The minimum absolute atomic E-state index is 0.00364. The molecule has 27 heavy (non-hydrogen) atoms. The van der Waals surface area contributed by atoms with Crippen LogP contribution in [0.3, 0.4) is 0 Å². The van der Waals surface area contributed by atoms with E-state index in [0.29, 0.717) is 12.1 Å². The Morgan fingerprint density at radius 2 is 1.78 bits per heavy atom. The van der Waals surface area contributed by atoms with Gasteiger partial charge in [-0.2, -0.15) is 0 Å². The lowest BCUT2D eigenvalue weighted by atomic mass is 10.1. The molecule has 1 fully saturated rings. The van der Waals surface area contributed by atoms with Crippen molar-refractivity contribution in [2.24, 2.45) is 0 Å². The van der Waals surface area contributed by atoms with Crippen molar-refractivity contribution < 1.29 is 14.3 Å². The van der Waals surface area contributed by atoms with E-state index < -0.39 is 0 Å². The van der Waals surface area contributed by atoms with E-state index in [1.807, 2.05) is 42.5 Å². The fourth-order valence-electron chi connectivity index (χ4n) is 3.30. The number of piperazine rings is 1. The average molecular weight is 367 g/mol. The normalized spacial score (nSPS) is 17.4. The smallest absolute Gasteiger partial charge is 0.337 e. The summed E-state index contributed by atoms with van der Waals surface area (Å²) >= 11 is 0. The Morgan fingerprint density at radius 3 is 2.41 bits per heavy atom. The molecule has 3 rings (SSSR count). The van der Waals surface area contributed by atoms with Crippen LogP contribution >= 0.6 is 0 Å². The van der Waals surface area contributed by atoms with Crippen molar-refractivity contribution in [3.8, 4) is 0 Å². The predicted molar refractivity (Wildman–Crippen MR) is 106 cm³/mol. The zero-order chi connectivity index (χ0) is 19.2. The minimum atomic E-state index is -0.329. The van der Waals surface area contributed by atoms with E-state index in [9.17, 15) is 9.59 Å². The average Bonchev–Trinajstić information content (AvgIpc) is 2.70. The molecular weight excluding hydrogens is 342 g/mol. The van der Waals surface area contributed by atoms with Gasteiger partial charge in [-0.3, -0.25) is 9.69 Å². The standard InChI is InChI=1S/C21H25N3O3/c1-16-14-24(19-10-8-17(9-11-19)21(26)27-2)13-12-23(16)15-20(25)22-18-6-4-3-5-7-18/h3-11,16H,12-15H2,1-2H3,(H,22,25). The first-order valence-corrected chi connectivity index (χ1v) is 9.09. The number of esters is 1. The van der Waals surface area contributed by atoms with Gasteiger partial charge in [-0.1, -0.05) is 18.2 Å². The number of para-hydroxylation sites is 1. The Balaban J connectivity index is 1.54. The van der Waals surface area contributed by atoms with Crippen molar-refractivity contribution in [2.75, 3.05) is 43.5 Å². The van der Waals surface area contributed by atoms with Crippen LogP contribution in [0.5, 0.6) is 0 Å². The fraction of sp³-hybridized carbons (Fsp3) is 0.333. The van der Waals surface area contributed by atoms with Crippen molar-refractivity contribution in [1.82, 2.24) is 4.90 Å². The van der Waals surface area contributed by atoms with Gasteiger partial charge >= 0.3 is 5.97 Å². The number of carbonyl (C=O) groups is 2. The lowest BCUT2D eigenvalue weighted by molar-refractivity contribution is -0.117. The topological polar surface area (TPSA) is 61.9 Å². The second-order valence-electron chi connectivity index (χ2n) is 6.72. The van der Waals surface area contributed by atoms with Gasteiger partial charge in [-0.15, -0.1) is 0 Å². The van der Waals surface area contributed by atoms with E-state index in [1.54, 1.807) is 12.1 Å². The second-order valence-corrected chi connectivity index (χ2v) is 6.72. The molecule has 1 unspecified atom stereocenters. The molecule has 6 heteroatoms. The lowest BCUT2D eigenvalue weighted by Crippen LogP contribution is -2.53. The second kappa shape index (κ2) is 8.68. The number of hydrogen-bond donors (Lipinski definition) is 1. The molecule has 0 spiro atoms. The van der Waals surface area contributed by atoms with Gasteiger partial charge < -0.3 is 15.0 Å². The molecule has 0 aromatic heterocycles. The van der Waals surface area contributed by atoms with Gasteiger partial charge in [0.25, 0.3) is 0 Å². The van der Waals surface area contributed by atoms with Crippen LogP contribution in [0.15, 0.2) is 54.6 Å². The van der Waals surface area contributed by atoms with Crippen LogP contribution in [0.2, 0.25) is 0 Å². The van der Waals surface area contributed by atoms with Crippen molar-refractivity contribution in [1.29, 1.82) is 0 Å². The van der Waals surface area contributed by atoms with Crippen molar-refractivity contribution in [2.45, 2.75) is 13.0 Å². The van der Waals surface area contributed by atoms with Gasteiger partial charge in [0.2, 0.25) is 5.91 Å². The lowest BCUT2D eigenvalue weighted by Gasteiger charge is -2.40. The molecule has 1 atom stereocenters. The maximum atomic E-state index is 12.3. The van der Waals surface area contributed by atoms with Crippen LogP contribution in [-0.2, 0) is 9.53 Å². The predicted octanol–water partition coefficient (Wildman–Crippen LogP) is 2.62. The highest BCUT2D eigenvalue weighted by Gasteiger charge is 2.25. The van der Waals surface area contributed by atoms with Gasteiger partial charge in [0, 0.05) is 37.1 Å². The molecule has 1 amide bonds. The van der Waals surface area contributed by atoms with E-state index >= 15 is 0 Å². The third kappa shape index (κ3) is 4.86. The third-order valence-electron chi connectivity index (χ3n) is 4.82. The molecule has 2 aromatic rings. The zero-order valence-electron chi connectivity index (χ0n) is 15.7. The first-order valence-electron chi connectivity index (χ1n) is 9.09. The highest BCUT2D eigenvalue weighted by molar-refractivity contribution is 5.92. The summed E-state index contributed by atoms with van der Waals surface area (Å²) in [6, 6.07) is 17.2. The van der Waals surface area contributed by atoms with Crippen LogP contribution < -0.4 is 10.2 Å². The number of nitrogens with zero attached hydrogens (tertiary/aromatic N) is 2. The summed E-state index contributed by atoms with van der Waals surface area (Å²) < 4.78 is 4.74. The number of amides is 1. The van der Waals surface area contributed by atoms with Gasteiger partial charge in [-0.05, 0) is 43.3 Å². The summed E-state index contributed by atoms with van der Waals surface area (Å²) in [5.41, 5.74) is 2.44. The molecule has 1 aliphatic rings. The Bertz CT molecular complexity index is 777. The van der Waals surface area contributed by atoms with E-state index in [-0.39, 0.29) is 17.9 Å². The Labute approximate surface area is 159 Å². The SMILES string of the molecule is COC(=O)c1ccc(N2CCN(CC(=O)Nc3ccccc3)C(C)C2)cc1. The summed E-state index contributed by atoms with van der Waals surface area (Å²) in [7, 11) is 1.38. The summed E-state index contributed by atoms with van der Waals surface area (Å²) in [6.07, 6.45) is 0. The maximum absolute atomic E-state index is 12.3. The highest BCUT2D eigenvalue weighted by atomic mass is 16.5. The quantitative estimate of drug-likeness (QED) is 0.823. The molecule has 6 nitrogen and oxygen atoms in total. The molecule has 1 N–H and O–H groups in total. The van der Waals surface area contributed by atoms with E-state index in [2.05, 4.69) is 22.0 Å². The van der Waals surface area contributed by atoms with Crippen molar-refractivity contribution in [3.05, 3.63) is 60.2 Å². The summed E-state index contributed by atoms with van der Waals surface area (Å²) in [6.45, 7) is 4.98. The number of nitrogens with one attached hydrogen (secondary N) is 1. The third-order valence-corrected chi connectivity index (χ3v) is 4.82. The number of ether oxygens (including phenoxy) is 1. The number of anilines is 2. The highest BCUT2D eigenvalue weighted by Crippen LogP contribution is 2.20. The van der Waals surface area contributed by atoms with Crippen LogP contribution in [0.4, 0.5) is 11.4 Å². The molecule has 1 aliphatic heterocycles. The molecule has 0 aliphatic carbocycles. The Kier molecular flexibility index (Phi) is 6.08. The first kappa shape index (κ1) is 18.9. The molecular formula is C21H25N3O3. The maximum Gasteiger partial charge on any atom is 0.337 e. The molecule has 0 saturated carbocycles. The molecule has 0 bridgehead atoms. The van der Waals surface area contributed by atoms with Crippen LogP contribution in [0.1, 0.15) is 17.3 Å². The van der Waals surface area contributed by atoms with Crippen LogP contribution in [-0.4, -0.2) is 56.1 Å². The van der Waals surface area contributed by atoms with Crippen molar-refractivity contribution >= 4 is 23.3 Å². The first-order chi connectivity index (χ1) is 13.1. The van der Waals surface area contributed by atoms with Gasteiger partial charge in [0.05, 0.1) is 19.2 Å². The van der Waals surface area contributed by atoms with Gasteiger partial charge in [-0.25, -0.2) is 4.79 Å². The summed E-state index contributed by atoms with van der Waals surface area (Å²) in [4.78, 5) is 28.3.